The summed E-state index contributed by atoms with van der Waals surface area (Å²) in [6, 6.07) is 15.7. The van der Waals surface area contributed by atoms with Crippen LogP contribution in [0.2, 0.25) is 0 Å². The first kappa shape index (κ1) is 27.2. The van der Waals surface area contributed by atoms with E-state index in [0.717, 1.165) is 15.3 Å². The Morgan fingerprint density at radius 1 is 1.02 bits per heavy atom. The zero-order valence-corrected chi connectivity index (χ0v) is 22.4. The zero-order valence-electron chi connectivity index (χ0n) is 20.8. The third-order valence-corrected chi connectivity index (χ3v) is 6.67. The van der Waals surface area contributed by atoms with Crippen LogP contribution < -0.4 is 20.7 Å². The lowest BCUT2D eigenvalue weighted by Crippen LogP contribution is -2.42. The number of esters is 2. The zero-order chi connectivity index (χ0) is 28.2. The summed E-state index contributed by atoms with van der Waals surface area (Å²) >= 11 is 3.26. The standard InChI is InChI=1S/C28H21BrFN3O7/c29-20-14-31-23(13-22(20)39-26(35)18-7-2-1-3-8-18)40-27(36)19-9-4-6-17(12-19)15-33-25(34)21(30)16-32(28(33)37)24-10-5-11-38-24/h1-4,6-9,12-14,16,24H,5,10-11,15H2. The molecular weight excluding hydrogens is 589 g/mol. The molecule has 1 fully saturated rings. The summed E-state index contributed by atoms with van der Waals surface area (Å²) in [7, 11) is 0. The number of nitrogens with zero attached hydrogens (tertiary/aromatic N) is 3. The smallest absolute Gasteiger partial charge is 0.344 e. The van der Waals surface area contributed by atoms with Gasteiger partial charge in [-0.2, -0.15) is 4.39 Å². The van der Waals surface area contributed by atoms with Crippen molar-refractivity contribution >= 4 is 27.9 Å². The highest BCUT2D eigenvalue weighted by Gasteiger charge is 2.22. The van der Waals surface area contributed by atoms with Gasteiger partial charge in [-0.25, -0.2) is 19.4 Å². The Morgan fingerprint density at radius 2 is 1.77 bits per heavy atom. The molecule has 0 amide bonds. The second kappa shape index (κ2) is 11.8. The molecule has 204 valence electrons. The monoisotopic (exact) mass is 609 g/mol. The number of halogens is 2. The fourth-order valence-corrected chi connectivity index (χ4v) is 4.41. The molecule has 2 aromatic heterocycles. The molecule has 3 heterocycles. The molecule has 1 aliphatic rings. The average Bonchev–Trinajstić information content (AvgIpc) is 3.50. The fraction of sp³-hybridized carbons (Fsp3) is 0.179. The van der Waals surface area contributed by atoms with Crippen molar-refractivity contribution in [2.24, 2.45) is 0 Å². The lowest BCUT2D eigenvalue weighted by Gasteiger charge is -2.15. The summed E-state index contributed by atoms with van der Waals surface area (Å²) in [6.45, 7) is 0.158. The summed E-state index contributed by atoms with van der Waals surface area (Å²) in [5.74, 6) is -2.52. The van der Waals surface area contributed by atoms with E-state index in [4.69, 9.17) is 14.2 Å². The number of ether oxygens (including phenoxy) is 3. The highest BCUT2D eigenvalue weighted by Crippen LogP contribution is 2.28. The number of hydrogen-bond donors (Lipinski definition) is 0. The Balaban J connectivity index is 1.34. The van der Waals surface area contributed by atoms with Gasteiger partial charge in [0.1, 0.15) is 6.23 Å². The maximum Gasteiger partial charge on any atom is 0.344 e. The summed E-state index contributed by atoms with van der Waals surface area (Å²) in [6.07, 6.45) is 2.77. The molecule has 0 saturated carbocycles. The number of carbonyl (C=O) groups is 2. The van der Waals surface area contributed by atoms with E-state index in [1.807, 2.05) is 0 Å². The van der Waals surface area contributed by atoms with Crippen LogP contribution in [0, 0.1) is 5.82 Å². The summed E-state index contributed by atoms with van der Waals surface area (Å²) < 4.78 is 32.8. The van der Waals surface area contributed by atoms with Crippen LogP contribution in [0.5, 0.6) is 11.6 Å². The van der Waals surface area contributed by atoms with E-state index in [2.05, 4.69) is 20.9 Å². The van der Waals surface area contributed by atoms with Gasteiger partial charge < -0.3 is 14.2 Å². The van der Waals surface area contributed by atoms with Crippen LogP contribution in [-0.2, 0) is 11.3 Å². The molecule has 2 aromatic carbocycles. The van der Waals surface area contributed by atoms with E-state index < -0.39 is 35.2 Å². The molecule has 0 N–H and O–H groups in total. The van der Waals surface area contributed by atoms with Crippen molar-refractivity contribution in [2.45, 2.75) is 25.6 Å². The van der Waals surface area contributed by atoms with Crippen molar-refractivity contribution < 1.29 is 28.2 Å². The average molecular weight is 610 g/mol. The quantitative estimate of drug-likeness (QED) is 0.287. The first-order valence-corrected chi connectivity index (χ1v) is 13.0. The van der Waals surface area contributed by atoms with Crippen LogP contribution in [0.25, 0.3) is 0 Å². The van der Waals surface area contributed by atoms with Crippen molar-refractivity contribution in [1.82, 2.24) is 14.1 Å². The van der Waals surface area contributed by atoms with Crippen LogP contribution in [-0.4, -0.2) is 32.7 Å². The molecule has 4 aromatic rings. The van der Waals surface area contributed by atoms with E-state index in [1.54, 1.807) is 36.4 Å². The third kappa shape index (κ3) is 5.92. The minimum atomic E-state index is -1.09. The summed E-state index contributed by atoms with van der Waals surface area (Å²) in [5.41, 5.74) is -0.985. The fourth-order valence-electron chi connectivity index (χ4n) is 4.12. The minimum Gasteiger partial charge on any atom is -0.421 e. The molecule has 40 heavy (non-hydrogen) atoms. The molecule has 0 aliphatic carbocycles. The van der Waals surface area contributed by atoms with Crippen LogP contribution in [0.4, 0.5) is 4.39 Å². The number of hydrogen-bond acceptors (Lipinski definition) is 8. The molecule has 0 radical (unpaired) electrons. The Bertz CT molecular complexity index is 1700. The van der Waals surface area contributed by atoms with Crippen molar-refractivity contribution in [3.8, 4) is 11.6 Å². The van der Waals surface area contributed by atoms with Gasteiger partial charge in [0.15, 0.2) is 5.75 Å². The van der Waals surface area contributed by atoms with Crippen LogP contribution in [0.3, 0.4) is 0 Å². The lowest BCUT2D eigenvalue weighted by atomic mass is 10.1. The van der Waals surface area contributed by atoms with E-state index in [9.17, 15) is 23.6 Å². The van der Waals surface area contributed by atoms with Gasteiger partial charge in [0, 0.05) is 18.9 Å². The van der Waals surface area contributed by atoms with E-state index in [1.165, 1.54) is 30.5 Å². The van der Waals surface area contributed by atoms with Gasteiger partial charge in [-0.3, -0.25) is 13.9 Å². The Kier molecular flexibility index (Phi) is 7.99. The summed E-state index contributed by atoms with van der Waals surface area (Å²) in [4.78, 5) is 54.7. The maximum absolute atomic E-state index is 14.4. The molecule has 1 atom stereocenters. The number of rotatable bonds is 7. The number of pyridine rings is 1. The van der Waals surface area contributed by atoms with Crippen LogP contribution in [0.1, 0.15) is 45.3 Å². The largest absolute Gasteiger partial charge is 0.421 e. The third-order valence-electron chi connectivity index (χ3n) is 6.08. The van der Waals surface area contributed by atoms with E-state index >= 15 is 0 Å². The van der Waals surface area contributed by atoms with Gasteiger partial charge in [0.2, 0.25) is 11.7 Å². The molecule has 10 nitrogen and oxygen atoms in total. The number of carbonyl (C=O) groups excluding carboxylic acids is 2. The molecule has 1 saturated heterocycles. The van der Waals surface area contributed by atoms with Gasteiger partial charge in [-0.15, -0.1) is 0 Å². The molecule has 12 heteroatoms. The lowest BCUT2D eigenvalue weighted by molar-refractivity contribution is 0.0504. The van der Waals surface area contributed by atoms with Gasteiger partial charge in [0.25, 0.3) is 5.56 Å². The number of aromatic nitrogens is 3. The van der Waals surface area contributed by atoms with Gasteiger partial charge >= 0.3 is 17.6 Å². The second-order valence-corrected chi connectivity index (χ2v) is 9.68. The van der Waals surface area contributed by atoms with Gasteiger partial charge in [-0.1, -0.05) is 30.3 Å². The predicted molar refractivity (Wildman–Crippen MR) is 143 cm³/mol. The van der Waals surface area contributed by atoms with Gasteiger partial charge in [0.05, 0.1) is 28.3 Å². The van der Waals surface area contributed by atoms with Crippen molar-refractivity contribution in [1.29, 1.82) is 0 Å². The Hall–Kier alpha value is -4.42. The molecule has 5 rings (SSSR count). The summed E-state index contributed by atoms with van der Waals surface area (Å²) in [5, 5.41) is 0. The highest BCUT2D eigenvalue weighted by molar-refractivity contribution is 9.10. The Morgan fingerprint density at radius 3 is 2.52 bits per heavy atom. The molecular formula is C28H21BrFN3O7. The first-order chi connectivity index (χ1) is 19.3. The topological polar surface area (TPSA) is 119 Å². The minimum absolute atomic E-state index is 0.0911. The first-order valence-electron chi connectivity index (χ1n) is 12.2. The van der Waals surface area contributed by atoms with Crippen molar-refractivity contribution in [3.05, 3.63) is 121 Å². The maximum atomic E-state index is 14.4. The SMILES string of the molecule is O=C(Oc1cc(OC(=O)c2ccccc2)c(Br)cn1)c1cccc(Cn2c(=O)c(F)cn(C3CCCO3)c2=O)c1. The molecule has 0 spiro atoms. The van der Waals surface area contributed by atoms with Gasteiger partial charge in [-0.05, 0) is 58.6 Å². The van der Waals surface area contributed by atoms with E-state index in [0.29, 0.717) is 35.0 Å². The molecule has 1 unspecified atom stereocenters. The Labute approximate surface area is 234 Å². The predicted octanol–water partition coefficient (Wildman–Crippen LogP) is 4.10. The van der Waals surface area contributed by atoms with Crippen molar-refractivity contribution in [3.63, 3.8) is 0 Å². The molecule has 1 aliphatic heterocycles. The van der Waals surface area contributed by atoms with E-state index in [-0.39, 0.29) is 23.7 Å². The van der Waals surface area contributed by atoms with Crippen LogP contribution in [0.15, 0.2) is 87.1 Å². The highest BCUT2D eigenvalue weighted by atomic mass is 79.9. The number of benzene rings is 2. The van der Waals surface area contributed by atoms with Crippen molar-refractivity contribution in [2.75, 3.05) is 6.61 Å². The normalized spacial score (nSPS) is 14.6. The second-order valence-electron chi connectivity index (χ2n) is 8.82. The molecule has 0 bridgehead atoms. The van der Waals surface area contributed by atoms with Crippen LogP contribution >= 0.6 is 15.9 Å².